The second-order valence-electron chi connectivity index (χ2n) is 6.85. The first kappa shape index (κ1) is 22.0. The van der Waals surface area contributed by atoms with E-state index in [4.69, 9.17) is 27.9 Å². The fourth-order valence-electron chi connectivity index (χ4n) is 2.97. The third-order valence-corrected chi connectivity index (χ3v) is 5.37. The van der Waals surface area contributed by atoms with Gasteiger partial charge in [-0.25, -0.2) is 0 Å². The van der Waals surface area contributed by atoms with Crippen molar-refractivity contribution in [3.8, 4) is 5.75 Å². The van der Waals surface area contributed by atoms with E-state index in [0.717, 1.165) is 29.8 Å². The van der Waals surface area contributed by atoms with Gasteiger partial charge in [-0.3, -0.25) is 9.89 Å². The summed E-state index contributed by atoms with van der Waals surface area (Å²) < 4.78 is 43.8. The van der Waals surface area contributed by atoms with Crippen molar-refractivity contribution in [1.29, 1.82) is 0 Å². The quantitative estimate of drug-likeness (QED) is 0.333. The van der Waals surface area contributed by atoms with Crippen molar-refractivity contribution >= 4 is 45.8 Å². The number of hydrogen-bond acceptors (Lipinski definition) is 3. The summed E-state index contributed by atoms with van der Waals surface area (Å²) >= 11 is 11.9. The minimum atomic E-state index is -4.47. The molecule has 0 unspecified atom stereocenters. The average molecular weight is 480 g/mol. The molecule has 0 aliphatic rings. The summed E-state index contributed by atoms with van der Waals surface area (Å²) in [5, 5.41) is 11.0. The van der Waals surface area contributed by atoms with Gasteiger partial charge in [0.25, 0.3) is 5.91 Å². The Hall–Kier alpha value is -3.23. The number of aromatic amines is 1. The molecule has 0 spiro atoms. The van der Waals surface area contributed by atoms with E-state index >= 15 is 0 Å². The van der Waals surface area contributed by atoms with Crippen molar-refractivity contribution < 1.29 is 22.7 Å². The molecule has 4 rings (SSSR count). The van der Waals surface area contributed by atoms with Gasteiger partial charge in [0.1, 0.15) is 12.4 Å². The fraction of sp³-hybridized carbons (Fsp3) is 0.0909. The zero-order valence-corrected chi connectivity index (χ0v) is 17.6. The number of fused-ring (bicyclic) bond motifs is 1. The number of rotatable bonds is 5. The number of nitrogens with one attached hydrogen (secondary N) is 2. The fourth-order valence-corrected chi connectivity index (χ4v) is 3.29. The SMILES string of the molecule is O=C(Nc1n[nH]c2cc(OCc3ccc(Cl)c(Cl)c3)ccc12)c1ccc(C(F)(F)F)cc1. The highest BCUT2D eigenvalue weighted by atomic mass is 35.5. The van der Waals surface area contributed by atoms with Crippen LogP contribution in [0.15, 0.2) is 60.7 Å². The zero-order chi connectivity index (χ0) is 22.9. The van der Waals surface area contributed by atoms with E-state index < -0.39 is 17.6 Å². The number of carbonyl (C=O) groups is 1. The molecule has 1 heterocycles. The van der Waals surface area contributed by atoms with E-state index in [9.17, 15) is 18.0 Å². The molecule has 1 aromatic heterocycles. The predicted octanol–water partition coefficient (Wildman–Crippen LogP) is 6.72. The van der Waals surface area contributed by atoms with Crippen LogP contribution in [0, 0.1) is 0 Å². The normalized spacial score (nSPS) is 11.5. The molecule has 0 atom stereocenters. The van der Waals surface area contributed by atoms with Crippen molar-refractivity contribution in [2.45, 2.75) is 12.8 Å². The second-order valence-corrected chi connectivity index (χ2v) is 7.66. The van der Waals surface area contributed by atoms with Gasteiger partial charge in [0.05, 0.1) is 21.1 Å². The first-order valence-electron chi connectivity index (χ1n) is 9.24. The lowest BCUT2D eigenvalue weighted by atomic mass is 10.1. The highest BCUT2D eigenvalue weighted by Gasteiger charge is 2.30. The number of anilines is 1. The van der Waals surface area contributed by atoms with Gasteiger partial charge in [-0.15, -0.1) is 0 Å². The molecular weight excluding hydrogens is 466 g/mol. The Morgan fingerprint density at radius 1 is 1.00 bits per heavy atom. The van der Waals surface area contributed by atoms with Gasteiger partial charge in [0.15, 0.2) is 5.82 Å². The molecule has 32 heavy (non-hydrogen) atoms. The maximum absolute atomic E-state index is 12.7. The summed E-state index contributed by atoms with van der Waals surface area (Å²) in [7, 11) is 0. The molecule has 164 valence electrons. The van der Waals surface area contributed by atoms with Crippen LogP contribution >= 0.6 is 23.2 Å². The monoisotopic (exact) mass is 479 g/mol. The van der Waals surface area contributed by atoms with Crippen molar-refractivity contribution in [2.24, 2.45) is 0 Å². The Balaban J connectivity index is 1.45. The van der Waals surface area contributed by atoms with Crippen LogP contribution in [-0.4, -0.2) is 16.1 Å². The maximum atomic E-state index is 12.7. The van der Waals surface area contributed by atoms with Crippen molar-refractivity contribution in [1.82, 2.24) is 10.2 Å². The number of carbonyl (C=O) groups excluding carboxylic acids is 1. The molecule has 5 nitrogen and oxygen atoms in total. The molecule has 4 aromatic rings. The third-order valence-electron chi connectivity index (χ3n) is 4.63. The number of amides is 1. The Labute approximate surface area is 190 Å². The minimum Gasteiger partial charge on any atom is -0.489 e. The summed E-state index contributed by atoms with van der Waals surface area (Å²) in [6.45, 7) is 0.272. The van der Waals surface area contributed by atoms with Gasteiger partial charge >= 0.3 is 6.18 Å². The molecule has 0 aliphatic heterocycles. The van der Waals surface area contributed by atoms with E-state index in [1.54, 1.807) is 36.4 Å². The van der Waals surface area contributed by atoms with Gasteiger partial charge in [0.2, 0.25) is 0 Å². The lowest BCUT2D eigenvalue weighted by Crippen LogP contribution is -2.13. The van der Waals surface area contributed by atoms with E-state index in [-0.39, 0.29) is 18.0 Å². The highest BCUT2D eigenvalue weighted by molar-refractivity contribution is 6.42. The molecule has 1 amide bonds. The van der Waals surface area contributed by atoms with E-state index in [0.29, 0.717) is 26.7 Å². The smallest absolute Gasteiger partial charge is 0.416 e. The summed E-state index contributed by atoms with van der Waals surface area (Å²) in [6.07, 6.45) is -4.47. The molecular formula is C22H14Cl2F3N3O2. The minimum absolute atomic E-state index is 0.0794. The molecule has 0 saturated heterocycles. The van der Waals surface area contributed by atoms with Gasteiger partial charge in [-0.1, -0.05) is 29.3 Å². The van der Waals surface area contributed by atoms with Crippen molar-refractivity contribution in [3.05, 3.63) is 87.4 Å². The number of nitrogens with zero attached hydrogens (tertiary/aromatic N) is 1. The molecule has 0 saturated carbocycles. The standard InChI is InChI=1S/C22H14Cl2F3N3O2/c23-17-8-1-12(9-18(17)24)11-32-15-6-7-16-19(10-15)29-30-20(16)28-21(31)13-2-4-14(5-3-13)22(25,26)27/h1-10H,11H2,(H2,28,29,30,31). The number of ether oxygens (including phenoxy) is 1. The molecule has 0 radical (unpaired) electrons. The summed E-state index contributed by atoms with van der Waals surface area (Å²) in [4.78, 5) is 12.4. The lowest BCUT2D eigenvalue weighted by Gasteiger charge is -2.08. The van der Waals surface area contributed by atoms with Crippen LogP contribution in [0.4, 0.5) is 19.0 Å². The zero-order valence-electron chi connectivity index (χ0n) is 16.1. The van der Waals surface area contributed by atoms with Gasteiger partial charge in [-0.2, -0.15) is 18.3 Å². The average Bonchev–Trinajstić information content (AvgIpc) is 3.16. The number of benzene rings is 3. The molecule has 3 aromatic carbocycles. The summed E-state index contributed by atoms with van der Waals surface area (Å²) in [5.41, 5.74) is 0.705. The van der Waals surface area contributed by atoms with E-state index in [2.05, 4.69) is 15.5 Å². The summed E-state index contributed by atoms with van der Waals surface area (Å²) in [5.74, 6) is 0.237. The van der Waals surface area contributed by atoms with Crippen molar-refractivity contribution in [3.63, 3.8) is 0 Å². The van der Waals surface area contributed by atoms with Crippen molar-refractivity contribution in [2.75, 3.05) is 5.32 Å². The van der Waals surface area contributed by atoms with E-state index in [1.807, 2.05) is 0 Å². The lowest BCUT2D eigenvalue weighted by molar-refractivity contribution is -0.137. The Kier molecular flexibility index (Phi) is 5.99. The molecule has 0 bridgehead atoms. The Bertz CT molecular complexity index is 1290. The van der Waals surface area contributed by atoms with Crippen LogP contribution in [0.1, 0.15) is 21.5 Å². The number of alkyl halides is 3. The first-order chi connectivity index (χ1) is 15.2. The third kappa shape index (κ3) is 4.81. The molecule has 0 aliphatic carbocycles. The van der Waals surface area contributed by atoms with Crippen LogP contribution < -0.4 is 10.1 Å². The highest BCUT2D eigenvalue weighted by Crippen LogP contribution is 2.30. The Morgan fingerprint density at radius 3 is 2.44 bits per heavy atom. The number of halogens is 5. The Morgan fingerprint density at radius 2 is 1.75 bits per heavy atom. The number of H-pyrrole nitrogens is 1. The van der Waals surface area contributed by atoms with Crippen LogP contribution in [-0.2, 0) is 12.8 Å². The number of aromatic nitrogens is 2. The maximum Gasteiger partial charge on any atom is 0.416 e. The topological polar surface area (TPSA) is 67.0 Å². The second kappa shape index (κ2) is 8.72. The van der Waals surface area contributed by atoms with Gasteiger partial charge < -0.3 is 10.1 Å². The van der Waals surface area contributed by atoms with E-state index in [1.165, 1.54) is 0 Å². The van der Waals surface area contributed by atoms with Gasteiger partial charge in [-0.05, 0) is 54.1 Å². The predicted molar refractivity (Wildman–Crippen MR) is 116 cm³/mol. The van der Waals surface area contributed by atoms with Crippen LogP contribution in [0.2, 0.25) is 10.0 Å². The molecule has 0 fully saturated rings. The largest absolute Gasteiger partial charge is 0.489 e. The first-order valence-corrected chi connectivity index (χ1v) is 10.00. The summed E-state index contributed by atoms with van der Waals surface area (Å²) in [6, 6.07) is 14.3. The van der Waals surface area contributed by atoms with Gasteiger partial charge in [0, 0.05) is 17.0 Å². The van der Waals surface area contributed by atoms with Crippen LogP contribution in [0.25, 0.3) is 10.9 Å². The van der Waals surface area contributed by atoms with Crippen LogP contribution in [0.3, 0.4) is 0 Å². The van der Waals surface area contributed by atoms with Crippen LogP contribution in [0.5, 0.6) is 5.75 Å². The molecule has 2 N–H and O–H groups in total. The molecule has 10 heteroatoms. The number of hydrogen-bond donors (Lipinski definition) is 2.